The molecule has 0 saturated heterocycles. The number of carboxylic acids is 1. The van der Waals surface area contributed by atoms with Gasteiger partial charge in [0.25, 0.3) is 0 Å². The van der Waals surface area contributed by atoms with Gasteiger partial charge in [-0.15, -0.1) is 0 Å². The van der Waals surface area contributed by atoms with E-state index in [1.807, 2.05) is 0 Å². The number of aryl methyl sites for hydroxylation is 1. The van der Waals surface area contributed by atoms with Crippen LogP contribution in [0.15, 0.2) is 17.3 Å². The van der Waals surface area contributed by atoms with E-state index >= 15 is 0 Å². The van der Waals surface area contributed by atoms with Gasteiger partial charge in [0.1, 0.15) is 4.90 Å². The summed E-state index contributed by atoms with van der Waals surface area (Å²) in [5.74, 6) is -0.968. The van der Waals surface area contributed by atoms with Crippen LogP contribution < -0.4 is 4.72 Å². The molecule has 0 aliphatic heterocycles. The third-order valence-corrected chi connectivity index (χ3v) is 4.92. The van der Waals surface area contributed by atoms with E-state index in [2.05, 4.69) is 9.82 Å². The maximum Gasteiger partial charge on any atom is 0.305 e. The lowest BCUT2D eigenvalue weighted by Gasteiger charge is -2.26. The van der Waals surface area contributed by atoms with E-state index in [9.17, 15) is 18.3 Å². The Hall–Kier alpha value is -1.45. The first kappa shape index (κ1) is 15.9. The Bertz CT molecular complexity index is 598. The Kier molecular flexibility index (Phi) is 4.96. The van der Waals surface area contributed by atoms with Crippen LogP contribution in [0.5, 0.6) is 0 Å². The van der Waals surface area contributed by atoms with Gasteiger partial charge >= 0.3 is 5.97 Å². The number of hydrogen-bond donors (Lipinski definition) is 3. The summed E-state index contributed by atoms with van der Waals surface area (Å²) in [6.45, 7) is 0.118. The molecule has 2 unspecified atom stereocenters. The fourth-order valence-corrected chi connectivity index (χ4v) is 3.61. The molecule has 1 aliphatic rings. The Morgan fingerprint density at radius 2 is 2.24 bits per heavy atom. The average molecular weight is 317 g/mol. The van der Waals surface area contributed by atoms with Crippen LogP contribution in [0, 0.1) is 0 Å². The SMILES string of the molecule is O=C(O)CCn1cc(S(=O)(=O)NC2CCCC(O)C2)cn1. The van der Waals surface area contributed by atoms with Gasteiger partial charge in [-0.2, -0.15) is 5.10 Å². The van der Waals surface area contributed by atoms with Crippen molar-refractivity contribution in [3.05, 3.63) is 12.4 Å². The zero-order chi connectivity index (χ0) is 15.5. The Morgan fingerprint density at radius 1 is 1.48 bits per heavy atom. The van der Waals surface area contributed by atoms with Crippen LogP contribution >= 0.6 is 0 Å². The maximum absolute atomic E-state index is 12.2. The predicted molar refractivity (Wildman–Crippen MR) is 73.1 cm³/mol. The summed E-state index contributed by atoms with van der Waals surface area (Å²) in [7, 11) is -3.69. The van der Waals surface area contributed by atoms with Crippen molar-refractivity contribution in [2.75, 3.05) is 0 Å². The highest BCUT2D eigenvalue weighted by Gasteiger charge is 2.26. The summed E-state index contributed by atoms with van der Waals surface area (Å²) < 4.78 is 28.2. The van der Waals surface area contributed by atoms with E-state index in [0.717, 1.165) is 6.42 Å². The Labute approximate surface area is 122 Å². The van der Waals surface area contributed by atoms with Crippen molar-refractivity contribution in [3.8, 4) is 0 Å². The van der Waals surface area contributed by atoms with Gasteiger partial charge in [0.05, 0.1) is 25.3 Å². The lowest BCUT2D eigenvalue weighted by Crippen LogP contribution is -2.39. The molecule has 1 aliphatic carbocycles. The summed E-state index contributed by atoms with van der Waals surface area (Å²) in [5.41, 5.74) is 0. The lowest BCUT2D eigenvalue weighted by atomic mass is 9.94. The zero-order valence-corrected chi connectivity index (χ0v) is 12.3. The Morgan fingerprint density at radius 3 is 2.90 bits per heavy atom. The number of hydrogen-bond acceptors (Lipinski definition) is 5. The quantitative estimate of drug-likeness (QED) is 0.676. The number of carbonyl (C=O) groups is 1. The number of aromatic nitrogens is 2. The molecule has 3 N–H and O–H groups in total. The number of aliphatic hydroxyl groups excluding tert-OH is 1. The first-order valence-corrected chi connectivity index (χ1v) is 8.30. The fourth-order valence-electron chi connectivity index (χ4n) is 2.37. The maximum atomic E-state index is 12.2. The number of aliphatic hydroxyl groups is 1. The summed E-state index contributed by atoms with van der Waals surface area (Å²) in [6, 6.07) is -0.277. The number of sulfonamides is 1. The van der Waals surface area contributed by atoms with Crippen LogP contribution in [0.3, 0.4) is 0 Å². The molecule has 0 aromatic carbocycles. The van der Waals surface area contributed by atoms with Gasteiger partial charge in [-0.3, -0.25) is 9.48 Å². The number of nitrogens with one attached hydrogen (secondary N) is 1. The van der Waals surface area contributed by atoms with Crippen LogP contribution in [0.1, 0.15) is 32.1 Å². The van der Waals surface area contributed by atoms with Crippen molar-refractivity contribution >= 4 is 16.0 Å². The highest BCUT2D eigenvalue weighted by atomic mass is 32.2. The highest BCUT2D eigenvalue weighted by molar-refractivity contribution is 7.89. The molecule has 1 heterocycles. The molecule has 0 amide bonds. The smallest absolute Gasteiger partial charge is 0.305 e. The largest absolute Gasteiger partial charge is 0.481 e. The second kappa shape index (κ2) is 6.54. The minimum atomic E-state index is -3.69. The van der Waals surface area contributed by atoms with E-state index in [4.69, 9.17) is 5.11 Å². The van der Waals surface area contributed by atoms with Crippen molar-refractivity contribution in [1.82, 2.24) is 14.5 Å². The number of nitrogens with zero attached hydrogens (tertiary/aromatic N) is 2. The number of carboxylic acid groups (broad SMARTS) is 1. The first-order valence-electron chi connectivity index (χ1n) is 6.81. The molecule has 9 heteroatoms. The van der Waals surface area contributed by atoms with Crippen LogP contribution in [0.25, 0.3) is 0 Å². The molecule has 21 heavy (non-hydrogen) atoms. The first-order chi connectivity index (χ1) is 9.87. The second-order valence-corrected chi connectivity index (χ2v) is 6.94. The minimum absolute atomic E-state index is 0.00736. The van der Waals surface area contributed by atoms with Crippen LogP contribution in [0.2, 0.25) is 0 Å². The van der Waals surface area contributed by atoms with Crippen molar-refractivity contribution in [1.29, 1.82) is 0 Å². The van der Waals surface area contributed by atoms with Crippen LogP contribution in [0.4, 0.5) is 0 Å². The minimum Gasteiger partial charge on any atom is -0.481 e. The van der Waals surface area contributed by atoms with E-state index in [-0.39, 0.29) is 23.9 Å². The average Bonchev–Trinajstić information content (AvgIpc) is 2.85. The van der Waals surface area contributed by atoms with Gasteiger partial charge in [-0.05, 0) is 25.7 Å². The molecular formula is C12H19N3O5S. The Balaban J connectivity index is 2.00. The topological polar surface area (TPSA) is 122 Å². The third kappa shape index (κ3) is 4.51. The molecule has 1 aromatic heterocycles. The lowest BCUT2D eigenvalue weighted by molar-refractivity contribution is -0.137. The molecular weight excluding hydrogens is 298 g/mol. The van der Waals surface area contributed by atoms with Crippen LogP contribution in [-0.4, -0.2) is 46.5 Å². The molecule has 2 rings (SSSR count). The molecule has 0 spiro atoms. The fraction of sp³-hybridized carbons (Fsp3) is 0.667. The van der Waals surface area contributed by atoms with Crippen LogP contribution in [-0.2, 0) is 21.4 Å². The normalized spacial score (nSPS) is 23.1. The molecule has 0 radical (unpaired) electrons. The summed E-state index contributed by atoms with van der Waals surface area (Å²) >= 11 is 0. The molecule has 1 saturated carbocycles. The van der Waals surface area contributed by atoms with Crippen molar-refractivity contribution in [2.45, 2.75) is 55.7 Å². The predicted octanol–water partition coefficient (Wildman–Crippen LogP) is -0.0604. The molecule has 0 bridgehead atoms. The second-order valence-electron chi connectivity index (χ2n) is 5.22. The monoisotopic (exact) mass is 317 g/mol. The van der Waals surface area contributed by atoms with Crippen molar-refractivity contribution in [3.63, 3.8) is 0 Å². The van der Waals surface area contributed by atoms with E-state index < -0.39 is 22.1 Å². The molecule has 2 atom stereocenters. The van der Waals surface area contributed by atoms with Gasteiger partial charge in [0.2, 0.25) is 10.0 Å². The van der Waals surface area contributed by atoms with Crippen molar-refractivity contribution < 1.29 is 23.4 Å². The van der Waals surface area contributed by atoms with Crippen molar-refractivity contribution in [2.24, 2.45) is 0 Å². The summed E-state index contributed by atoms with van der Waals surface area (Å²) in [6.07, 6.45) is 4.51. The molecule has 8 nitrogen and oxygen atoms in total. The van der Waals surface area contributed by atoms with Gasteiger partial charge in [0.15, 0.2) is 0 Å². The highest BCUT2D eigenvalue weighted by Crippen LogP contribution is 2.20. The van der Waals surface area contributed by atoms with Gasteiger partial charge in [0, 0.05) is 12.2 Å². The summed E-state index contributed by atoms with van der Waals surface area (Å²) in [5, 5.41) is 22.0. The van der Waals surface area contributed by atoms with Gasteiger partial charge < -0.3 is 10.2 Å². The summed E-state index contributed by atoms with van der Waals surface area (Å²) in [4.78, 5) is 10.5. The van der Waals surface area contributed by atoms with Gasteiger partial charge in [-0.1, -0.05) is 0 Å². The van der Waals surface area contributed by atoms with E-state index in [1.54, 1.807) is 0 Å². The number of rotatable bonds is 6. The molecule has 1 aromatic rings. The number of aliphatic carboxylic acids is 1. The van der Waals surface area contributed by atoms with Gasteiger partial charge in [-0.25, -0.2) is 13.1 Å². The van der Waals surface area contributed by atoms with E-state index in [1.165, 1.54) is 17.1 Å². The molecule has 118 valence electrons. The molecule has 1 fully saturated rings. The zero-order valence-electron chi connectivity index (χ0n) is 11.5. The van der Waals surface area contributed by atoms with E-state index in [0.29, 0.717) is 19.3 Å². The standard InChI is InChI=1S/C12H19N3O5S/c16-10-3-1-2-9(6-10)14-21(19,20)11-7-13-15(8-11)5-4-12(17)18/h7-10,14,16H,1-6H2,(H,17,18). The third-order valence-electron chi connectivity index (χ3n) is 3.44.